The molecule has 7 heteroatoms. The summed E-state index contributed by atoms with van der Waals surface area (Å²) in [5.41, 5.74) is 4.24. The zero-order valence-corrected chi connectivity index (χ0v) is 19.9. The Morgan fingerprint density at radius 1 is 1.10 bits per heavy atom. The molecule has 0 fully saturated rings. The molecular formula is C24H23BrFN3OS. The summed E-state index contributed by atoms with van der Waals surface area (Å²) in [5.74, 6) is -0.471. The fourth-order valence-electron chi connectivity index (χ4n) is 3.36. The Hall–Kier alpha value is -2.22. The molecule has 0 saturated carbocycles. The number of hydrogen-bond acceptors (Lipinski definition) is 5. The van der Waals surface area contributed by atoms with Crippen molar-refractivity contribution < 1.29 is 8.91 Å². The number of benzene rings is 2. The molecule has 0 saturated heterocycles. The third-order valence-corrected chi connectivity index (χ3v) is 6.23. The monoisotopic (exact) mass is 499 g/mol. The molecule has 0 radical (unpaired) electrons. The second kappa shape index (κ2) is 9.10. The first-order valence-corrected chi connectivity index (χ1v) is 11.6. The van der Waals surface area contributed by atoms with Crippen LogP contribution in [0.5, 0.6) is 0 Å². The average Bonchev–Trinajstić information content (AvgIpc) is 3.13. The van der Waals surface area contributed by atoms with Gasteiger partial charge in [-0.15, -0.1) is 0 Å². The van der Waals surface area contributed by atoms with E-state index >= 15 is 0 Å². The van der Waals surface area contributed by atoms with E-state index in [2.05, 4.69) is 57.6 Å². The highest BCUT2D eigenvalue weighted by Crippen LogP contribution is 2.36. The topological polar surface area (TPSA) is 51.0 Å². The standard InChI is InChI=1S/C24H23BrFN3OS/c1-24(2,3)31-29-20(14-16-7-6-10-22(26)27-16)17-8-4-5-9-18(17)23-19-12-11-15(25)13-21(19)30-28-23/h4-13,20,29H,14H2,1-3H3. The van der Waals surface area contributed by atoms with Crippen molar-refractivity contribution in [2.45, 2.75) is 38.0 Å². The van der Waals surface area contributed by atoms with Crippen LogP contribution in [0.15, 0.2) is 69.7 Å². The first-order chi connectivity index (χ1) is 14.8. The third kappa shape index (κ3) is 5.34. The van der Waals surface area contributed by atoms with Crippen LogP contribution in [0.4, 0.5) is 4.39 Å². The largest absolute Gasteiger partial charge is 0.356 e. The van der Waals surface area contributed by atoms with E-state index in [9.17, 15) is 4.39 Å². The van der Waals surface area contributed by atoms with Crippen molar-refractivity contribution in [2.24, 2.45) is 0 Å². The van der Waals surface area contributed by atoms with Crippen LogP contribution in [0.2, 0.25) is 0 Å². The van der Waals surface area contributed by atoms with Crippen molar-refractivity contribution in [2.75, 3.05) is 0 Å². The summed E-state index contributed by atoms with van der Waals surface area (Å²) in [5, 5.41) is 5.32. The maximum atomic E-state index is 13.7. The molecule has 4 rings (SSSR count). The number of halogens is 2. The van der Waals surface area contributed by atoms with Gasteiger partial charge in [0.2, 0.25) is 5.95 Å². The quantitative estimate of drug-likeness (QED) is 0.226. The highest BCUT2D eigenvalue weighted by Gasteiger charge is 2.23. The number of nitrogens with one attached hydrogen (secondary N) is 1. The maximum Gasteiger partial charge on any atom is 0.213 e. The Morgan fingerprint density at radius 2 is 1.90 bits per heavy atom. The van der Waals surface area contributed by atoms with Gasteiger partial charge in [-0.2, -0.15) is 4.39 Å². The van der Waals surface area contributed by atoms with Gasteiger partial charge < -0.3 is 4.52 Å². The van der Waals surface area contributed by atoms with Crippen LogP contribution in [0.1, 0.15) is 38.1 Å². The lowest BCUT2D eigenvalue weighted by atomic mass is 9.94. The number of hydrogen-bond donors (Lipinski definition) is 1. The van der Waals surface area contributed by atoms with Gasteiger partial charge in [0, 0.05) is 38.3 Å². The molecule has 0 aliphatic rings. The SMILES string of the molecule is CC(C)(C)SNC(Cc1cccc(F)n1)c1ccccc1-c1noc2cc(Br)ccc12. The van der Waals surface area contributed by atoms with Gasteiger partial charge in [-0.1, -0.05) is 63.4 Å². The van der Waals surface area contributed by atoms with E-state index in [0.717, 1.165) is 32.3 Å². The predicted molar refractivity (Wildman–Crippen MR) is 128 cm³/mol. The first kappa shape index (κ1) is 22.0. The Morgan fingerprint density at radius 3 is 2.68 bits per heavy atom. The zero-order valence-electron chi connectivity index (χ0n) is 17.5. The van der Waals surface area contributed by atoms with Crippen molar-refractivity contribution in [1.82, 2.24) is 14.9 Å². The Kier molecular flexibility index (Phi) is 6.46. The van der Waals surface area contributed by atoms with Crippen LogP contribution in [-0.4, -0.2) is 14.9 Å². The summed E-state index contributed by atoms with van der Waals surface area (Å²) in [6.45, 7) is 6.45. The van der Waals surface area contributed by atoms with E-state index in [0.29, 0.717) is 12.1 Å². The number of fused-ring (bicyclic) bond motifs is 1. The van der Waals surface area contributed by atoms with Crippen LogP contribution in [0.25, 0.3) is 22.2 Å². The molecule has 2 aromatic carbocycles. The molecule has 0 aliphatic carbocycles. The van der Waals surface area contributed by atoms with Crippen LogP contribution < -0.4 is 4.72 Å². The van der Waals surface area contributed by atoms with Gasteiger partial charge in [0.25, 0.3) is 0 Å². The van der Waals surface area contributed by atoms with Gasteiger partial charge in [0.05, 0.1) is 0 Å². The number of nitrogens with zero attached hydrogens (tertiary/aromatic N) is 2. The molecule has 2 aromatic heterocycles. The lowest BCUT2D eigenvalue weighted by Gasteiger charge is -2.25. The van der Waals surface area contributed by atoms with Gasteiger partial charge in [-0.25, -0.2) is 4.98 Å². The summed E-state index contributed by atoms with van der Waals surface area (Å²) in [4.78, 5) is 4.08. The second-order valence-electron chi connectivity index (χ2n) is 8.30. The lowest BCUT2D eigenvalue weighted by Crippen LogP contribution is -2.24. The fraction of sp³-hybridized carbons (Fsp3) is 0.250. The van der Waals surface area contributed by atoms with E-state index in [1.54, 1.807) is 18.0 Å². The Bertz CT molecular complexity index is 1200. The van der Waals surface area contributed by atoms with Crippen molar-refractivity contribution in [3.63, 3.8) is 0 Å². The third-order valence-electron chi connectivity index (χ3n) is 4.72. The lowest BCUT2D eigenvalue weighted by molar-refractivity contribution is 0.459. The minimum absolute atomic E-state index is 0.00935. The van der Waals surface area contributed by atoms with Gasteiger partial charge in [-0.3, -0.25) is 4.72 Å². The molecule has 1 atom stereocenters. The van der Waals surface area contributed by atoms with Crippen LogP contribution in [-0.2, 0) is 6.42 Å². The van der Waals surface area contributed by atoms with Gasteiger partial charge >= 0.3 is 0 Å². The molecule has 1 N–H and O–H groups in total. The molecule has 2 heterocycles. The molecule has 0 aliphatic heterocycles. The summed E-state index contributed by atoms with van der Waals surface area (Å²) in [6.07, 6.45) is 0.541. The summed E-state index contributed by atoms with van der Waals surface area (Å²) < 4.78 is 23.9. The van der Waals surface area contributed by atoms with Gasteiger partial charge in [0.1, 0.15) is 5.69 Å². The minimum Gasteiger partial charge on any atom is -0.356 e. The summed E-state index contributed by atoms with van der Waals surface area (Å²) >= 11 is 5.13. The normalized spacial score (nSPS) is 12.9. The molecule has 160 valence electrons. The molecule has 1 unspecified atom stereocenters. The van der Waals surface area contributed by atoms with E-state index in [4.69, 9.17) is 4.52 Å². The van der Waals surface area contributed by atoms with Crippen LogP contribution >= 0.6 is 27.9 Å². The Labute approximate surface area is 193 Å². The minimum atomic E-state index is -0.471. The molecule has 0 amide bonds. The predicted octanol–water partition coefficient (Wildman–Crippen LogP) is 7.11. The Balaban J connectivity index is 1.77. The average molecular weight is 500 g/mol. The fourth-order valence-corrected chi connectivity index (χ4v) is 4.40. The van der Waals surface area contributed by atoms with Crippen molar-refractivity contribution in [3.05, 3.63) is 82.3 Å². The smallest absolute Gasteiger partial charge is 0.213 e. The van der Waals surface area contributed by atoms with E-state index in [1.807, 2.05) is 42.5 Å². The zero-order chi connectivity index (χ0) is 22.0. The van der Waals surface area contributed by atoms with Crippen molar-refractivity contribution >= 4 is 38.8 Å². The van der Waals surface area contributed by atoms with Crippen LogP contribution in [0.3, 0.4) is 0 Å². The molecule has 0 bridgehead atoms. The second-order valence-corrected chi connectivity index (χ2v) is 10.9. The number of rotatable bonds is 6. The summed E-state index contributed by atoms with van der Waals surface area (Å²) in [7, 11) is 0. The number of aromatic nitrogens is 2. The molecule has 4 nitrogen and oxygen atoms in total. The van der Waals surface area contributed by atoms with Gasteiger partial charge in [0.15, 0.2) is 5.58 Å². The first-order valence-electron chi connectivity index (χ1n) is 9.99. The van der Waals surface area contributed by atoms with Crippen molar-refractivity contribution in [3.8, 4) is 11.3 Å². The molecule has 0 spiro atoms. The molecule has 4 aromatic rings. The van der Waals surface area contributed by atoms with Crippen LogP contribution in [0, 0.1) is 5.95 Å². The van der Waals surface area contributed by atoms with E-state index < -0.39 is 5.95 Å². The van der Waals surface area contributed by atoms with E-state index in [-0.39, 0.29) is 10.8 Å². The summed E-state index contributed by atoms with van der Waals surface area (Å²) in [6, 6.07) is 18.8. The maximum absolute atomic E-state index is 13.7. The highest BCUT2D eigenvalue weighted by molar-refractivity contribution is 9.10. The van der Waals surface area contributed by atoms with E-state index in [1.165, 1.54) is 6.07 Å². The van der Waals surface area contributed by atoms with Gasteiger partial charge in [-0.05, 0) is 56.7 Å². The number of pyridine rings is 1. The highest BCUT2D eigenvalue weighted by atomic mass is 79.9. The molecule has 31 heavy (non-hydrogen) atoms. The van der Waals surface area contributed by atoms with Crippen molar-refractivity contribution in [1.29, 1.82) is 0 Å². The molecular weight excluding hydrogens is 477 g/mol.